The molecular formula is C22H16N6O2. The molecule has 0 aliphatic rings. The number of anilines is 1. The third-order valence-corrected chi connectivity index (χ3v) is 4.39. The largest absolute Gasteiger partial charge is 0.346 e. The second kappa shape index (κ2) is 8.24. The summed E-state index contributed by atoms with van der Waals surface area (Å²) in [5.41, 5.74) is 2.41. The molecule has 0 unspecified atom stereocenters. The molecule has 0 fully saturated rings. The maximum absolute atomic E-state index is 12.8. The number of rotatable bonds is 5. The maximum atomic E-state index is 12.8. The molecule has 2 amide bonds. The van der Waals surface area contributed by atoms with Gasteiger partial charge < -0.3 is 10.6 Å². The number of nitriles is 1. The van der Waals surface area contributed by atoms with Crippen LogP contribution in [0.5, 0.6) is 0 Å². The van der Waals surface area contributed by atoms with E-state index in [-0.39, 0.29) is 11.5 Å². The number of hydrogen-bond acceptors (Lipinski definition) is 5. The topological polar surface area (TPSA) is 112 Å². The van der Waals surface area contributed by atoms with Crippen molar-refractivity contribution in [2.45, 2.75) is 6.54 Å². The molecule has 146 valence electrons. The smallest absolute Gasteiger partial charge is 0.292 e. The quantitative estimate of drug-likeness (QED) is 0.539. The van der Waals surface area contributed by atoms with Crippen LogP contribution in [0.25, 0.3) is 5.52 Å². The summed E-state index contributed by atoms with van der Waals surface area (Å²) >= 11 is 0. The lowest BCUT2D eigenvalue weighted by Gasteiger charge is -2.04. The molecule has 30 heavy (non-hydrogen) atoms. The van der Waals surface area contributed by atoms with Gasteiger partial charge in [-0.25, -0.2) is 4.98 Å². The Kier molecular flexibility index (Phi) is 5.17. The molecule has 8 nitrogen and oxygen atoms in total. The van der Waals surface area contributed by atoms with Crippen molar-refractivity contribution in [2.24, 2.45) is 0 Å². The van der Waals surface area contributed by atoms with Crippen molar-refractivity contribution in [1.82, 2.24) is 19.7 Å². The summed E-state index contributed by atoms with van der Waals surface area (Å²) in [4.78, 5) is 33.9. The molecule has 4 rings (SSSR count). The van der Waals surface area contributed by atoms with Gasteiger partial charge in [0.2, 0.25) is 5.82 Å². The van der Waals surface area contributed by atoms with Gasteiger partial charge in [-0.1, -0.05) is 18.2 Å². The van der Waals surface area contributed by atoms with Crippen molar-refractivity contribution < 1.29 is 9.59 Å². The molecule has 2 N–H and O–H groups in total. The Morgan fingerprint density at radius 1 is 1.07 bits per heavy atom. The Hall–Kier alpha value is -4.51. The number of carbonyl (C=O) groups is 2. The second-order valence-corrected chi connectivity index (χ2v) is 6.43. The minimum absolute atomic E-state index is 0.0690. The molecule has 0 spiro atoms. The molecule has 0 bridgehead atoms. The molecule has 3 aromatic heterocycles. The monoisotopic (exact) mass is 396 g/mol. The predicted molar refractivity (Wildman–Crippen MR) is 110 cm³/mol. The fourth-order valence-corrected chi connectivity index (χ4v) is 2.99. The number of carbonyl (C=O) groups excluding carboxylic acids is 2. The first-order chi connectivity index (χ1) is 14.7. The standard InChI is InChI=1S/C22H16N6O2/c23-12-15-5-3-7-17(11-15)26-22(30)20-27-19(18-8-1-2-10-28(18)20)21(29)25-14-16-6-4-9-24-13-16/h1-11,13H,14H2,(H,25,29)(H,26,30). The van der Waals surface area contributed by atoms with Gasteiger partial charge in [0.25, 0.3) is 11.8 Å². The van der Waals surface area contributed by atoms with Crippen LogP contribution in [0.1, 0.15) is 32.2 Å². The van der Waals surface area contributed by atoms with E-state index in [2.05, 4.69) is 20.6 Å². The highest BCUT2D eigenvalue weighted by Crippen LogP contribution is 2.16. The number of nitrogens with one attached hydrogen (secondary N) is 2. The van der Waals surface area contributed by atoms with Gasteiger partial charge in [0.05, 0.1) is 17.1 Å². The molecule has 0 aliphatic heterocycles. The van der Waals surface area contributed by atoms with Crippen LogP contribution in [0.2, 0.25) is 0 Å². The lowest BCUT2D eigenvalue weighted by Crippen LogP contribution is -2.23. The normalized spacial score (nSPS) is 10.4. The first-order valence-electron chi connectivity index (χ1n) is 9.11. The van der Waals surface area contributed by atoms with Gasteiger partial charge in [-0.05, 0) is 42.0 Å². The number of imidazole rings is 1. The lowest BCUT2D eigenvalue weighted by molar-refractivity contribution is 0.0948. The summed E-state index contributed by atoms with van der Waals surface area (Å²) in [5, 5.41) is 14.5. The van der Waals surface area contributed by atoms with Gasteiger partial charge in [0.1, 0.15) is 0 Å². The zero-order chi connectivity index (χ0) is 20.9. The van der Waals surface area contributed by atoms with E-state index < -0.39 is 11.8 Å². The Balaban J connectivity index is 1.60. The highest BCUT2D eigenvalue weighted by molar-refractivity contribution is 6.06. The molecule has 0 atom stereocenters. The van der Waals surface area contributed by atoms with Crippen LogP contribution in [-0.2, 0) is 6.54 Å². The minimum atomic E-state index is -0.488. The average Bonchev–Trinajstić information content (AvgIpc) is 3.18. The van der Waals surface area contributed by atoms with Crippen molar-refractivity contribution in [3.05, 3.63) is 95.8 Å². The average molecular weight is 396 g/mol. The third kappa shape index (κ3) is 3.86. The maximum Gasteiger partial charge on any atom is 0.292 e. The summed E-state index contributed by atoms with van der Waals surface area (Å²) in [7, 11) is 0. The Labute approximate surface area is 171 Å². The fraction of sp³-hybridized carbons (Fsp3) is 0.0455. The Bertz CT molecular complexity index is 1270. The fourth-order valence-electron chi connectivity index (χ4n) is 2.99. The SMILES string of the molecule is N#Cc1cccc(NC(=O)c2nc(C(=O)NCc3cccnc3)c3ccccn23)c1. The first kappa shape index (κ1) is 18.8. The van der Waals surface area contributed by atoms with Crippen LogP contribution in [0.4, 0.5) is 5.69 Å². The van der Waals surface area contributed by atoms with Crippen molar-refractivity contribution in [3.8, 4) is 6.07 Å². The summed E-state index contributed by atoms with van der Waals surface area (Å²) in [6, 6.07) is 17.5. The highest BCUT2D eigenvalue weighted by Gasteiger charge is 2.21. The molecule has 0 saturated heterocycles. The molecular weight excluding hydrogens is 380 g/mol. The number of amides is 2. The molecule has 0 saturated carbocycles. The van der Waals surface area contributed by atoms with Gasteiger partial charge in [-0.3, -0.25) is 19.0 Å². The number of nitrogens with zero attached hydrogens (tertiary/aromatic N) is 4. The summed E-state index contributed by atoms with van der Waals surface area (Å²) in [5.74, 6) is -0.815. The number of benzene rings is 1. The van der Waals surface area contributed by atoms with E-state index in [1.807, 2.05) is 12.1 Å². The van der Waals surface area contributed by atoms with E-state index in [4.69, 9.17) is 5.26 Å². The highest BCUT2D eigenvalue weighted by atomic mass is 16.2. The van der Waals surface area contributed by atoms with Crippen LogP contribution in [-0.4, -0.2) is 26.2 Å². The zero-order valence-corrected chi connectivity index (χ0v) is 15.7. The van der Waals surface area contributed by atoms with Crippen LogP contribution >= 0.6 is 0 Å². The van der Waals surface area contributed by atoms with Crippen molar-refractivity contribution in [3.63, 3.8) is 0 Å². The van der Waals surface area contributed by atoms with Gasteiger partial charge in [0, 0.05) is 30.8 Å². The van der Waals surface area contributed by atoms with Crippen molar-refractivity contribution in [2.75, 3.05) is 5.32 Å². The van der Waals surface area contributed by atoms with Crippen molar-refractivity contribution >= 4 is 23.0 Å². The van der Waals surface area contributed by atoms with Gasteiger partial charge in [-0.15, -0.1) is 0 Å². The molecule has 4 aromatic rings. The van der Waals surface area contributed by atoms with Crippen LogP contribution in [0, 0.1) is 11.3 Å². The molecule has 8 heteroatoms. The number of aromatic nitrogens is 3. The van der Waals surface area contributed by atoms with E-state index >= 15 is 0 Å². The molecule has 0 aliphatic carbocycles. The van der Waals surface area contributed by atoms with E-state index in [9.17, 15) is 9.59 Å². The zero-order valence-electron chi connectivity index (χ0n) is 15.7. The number of hydrogen-bond donors (Lipinski definition) is 2. The lowest BCUT2D eigenvalue weighted by atomic mass is 10.2. The van der Waals surface area contributed by atoms with E-state index in [1.54, 1.807) is 71.5 Å². The first-order valence-corrected chi connectivity index (χ1v) is 9.11. The van der Waals surface area contributed by atoms with Crippen LogP contribution in [0.3, 0.4) is 0 Å². The van der Waals surface area contributed by atoms with Crippen LogP contribution < -0.4 is 10.6 Å². The van der Waals surface area contributed by atoms with E-state index in [1.165, 1.54) is 0 Å². The van der Waals surface area contributed by atoms with Gasteiger partial charge >= 0.3 is 0 Å². The summed E-state index contributed by atoms with van der Waals surface area (Å²) in [6.07, 6.45) is 4.99. The van der Waals surface area contributed by atoms with Crippen LogP contribution in [0.15, 0.2) is 73.2 Å². The minimum Gasteiger partial charge on any atom is -0.346 e. The third-order valence-electron chi connectivity index (χ3n) is 4.39. The molecule has 3 heterocycles. The van der Waals surface area contributed by atoms with Gasteiger partial charge in [0.15, 0.2) is 5.69 Å². The second-order valence-electron chi connectivity index (χ2n) is 6.43. The van der Waals surface area contributed by atoms with Crippen molar-refractivity contribution in [1.29, 1.82) is 5.26 Å². The Morgan fingerprint density at radius 2 is 1.97 bits per heavy atom. The Morgan fingerprint density at radius 3 is 2.77 bits per heavy atom. The predicted octanol–water partition coefficient (Wildman–Crippen LogP) is 2.78. The summed E-state index contributed by atoms with van der Waals surface area (Å²) < 4.78 is 1.56. The molecule has 1 aromatic carbocycles. The summed E-state index contributed by atoms with van der Waals surface area (Å²) in [6.45, 7) is 0.293. The molecule has 0 radical (unpaired) electrons. The van der Waals surface area contributed by atoms with Gasteiger partial charge in [-0.2, -0.15) is 5.26 Å². The van der Waals surface area contributed by atoms with E-state index in [0.717, 1.165) is 5.56 Å². The number of pyridine rings is 2. The number of fused-ring (bicyclic) bond motifs is 1. The van der Waals surface area contributed by atoms with E-state index in [0.29, 0.717) is 23.3 Å².